The Kier molecular flexibility index (Phi) is 35.4. The molecule has 0 aromatic heterocycles. The molecule has 11 nitrogen and oxygen atoms in total. The predicted molar refractivity (Wildman–Crippen MR) is 203 cm³/mol. The Hall–Kier alpha value is -2.85. The van der Waals surface area contributed by atoms with Crippen LogP contribution in [0.1, 0.15) is 176 Å². The van der Waals surface area contributed by atoms with E-state index in [1.807, 2.05) is 13.8 Å². The quantitative estimate of drug-likeness (QED) is 0.0206. The molecule has 1 amide bonds. The standard InChI is InChI=1S/C37H70N4O7.C2H6/c1-5-9-13-15-22-30(20-11-7-3)34(43)46-27-17-18-28-48-36(45)32(25-26-40-37(38)39)41-33(42)24-19-29-47-35(44)31(21-12-8-4)23-16-14-10-6-2;1-2/h30-32H,5-29H2,1-4H3,(H,41,42)(H4,38,39,40);1-2H3. The van der Waals surface area contributed by atoms with Crippen molar-refractivity contribution < 1.29 is 33.4 Å². The number of hydrogen-bond donors (Lipinski definition) is 3. The molecule has 0 aromatic rings. The van der Waals surface area contributed by atoms with E-state index in [0.29, 0.717) is 19.3 Å². The van der Waals surface area contributed by atoms with Gasteiger partial charge in [0.05, 0.1) is 31.7 Å². The number of ether oxygens (including phenoxy) is 3. The Balaban J connectivity index is 0. The number of amides is 1. The largest absolute Gasteiger partial charge is 0.465 e. The van der Waals surface area contributed by atoms with Gasteiger partial charge in [0.25, 0.3) is 0 Å². The van der Waals surface area contributed by atoms with Crippen molar-refractivity contribution in [3.8, 4) is 0 Å². The van der Waals surface area contributed by atoms with Gasteiger partial charge in [-0.05, 0) is 51.4 Å². The van der Waals surface area contributed by atoms with Crippen LogP contribution in [0.2, 0.25) is 0 Å². The normalized spacial score (nSPS) is 12.4. The summed E-state index contributed by atoms with van der Waals surface area (Å²) in [5.41, 5.74) is 10.8. The maximum atomic E-state index is 12.8. The first-order valence-electron chi connectivity index (χ1n) is 20.0. The third kappa shape index (κ3) is 28.9. The third-order valence-electron chi connectivity index (χ3n) is 8.44. The average Bonchev–Trinajstić information content (AvgIpc) is 3.10. The average molecular weight is 713 g/mol. The van der Waals surface area contributed by atoms with Crippen LogP contribution in [0.25, 0.3) is 0 Å². The van der Waals surface area contributed by atoms with Crippen LogP contribution >= 0.6 is 0 Å². The van der Waals surface area contributed by atoms with Gasteiger partial charge in [-0.2, -0.15) is 0 Å². The van der Waals surface area contributed by atoms with Crippen molar-refractivity contribution >= 4 is 29.8 Å². The molecule has 0 aliphatic carbocycles. The Bertz CT molecular complexity index is 881. The molecule has 3 unspecified atom stereocenters. The monoisotopic (exact) mass is 713 g/mol. The van der Waals surface area contributed by atoms with Gasteiger partial charge in [-0.25, -0.2) is 4.79 Å². The first-order valence-corrected chi connectivity index (χ1v) is 20.0. The molecule has 11 heteroatoms. The van der Waals surface area contributed by atoms with Crippen molar-refractivity contribution in [3.05, 3.63) is 0 Å². The molecular formula is C39H76N4O7. The van der Waals surface area contributed by atoms with Crippen LogP contribution in [0.5, 0.6) is 0 Å². The van der Waals surface area contributed by atoms with E-state index in [1.54, 1.807) is 0 Å². The molecule has 0 aromatic carbocycles. The fraction of sp³-hybridized carbons (Fsp3) is 0.872. The summed E-state index contributed by atoms with van der Waals surface area (Å²) in [6, 6.07) is -0.922. The SMILES string of the molecule is CC.CCCCCCC(CCCC)C(=O)OCCCCOC(=O)C(CCN=C(N)N)NC(=O)CCCOC(=O)C(CCCC)CCCCCC. The molecule has 0 fully saturated rings. The highest BCUT2D eigenvalue weighted by Crippen LogP contribution is 2.20. The number of nitrogens with two attached hydrogens (primary N) is 2. The van der Waals surface area contributed by atoms with Crippen LogP contribution in [-0.2, 0) is 33.4 Å². The number of hydrogen-bond acceptors (Lipinski definition) is 8. The molecule has 50 heavy (non-hydrogen) atoms. The number of aliphatic imine (C=N–C) groups is 1. The minimum Gasteiger partial charge on any atom is -0.465 e. The van der Waals surface area contributed by atoms with Crippen molar-refractivity contribution in [3.63, 3.8) is 0 Å². The summed E-state index contributed by atoms with van der Waals surface area (Å²) in [5.74, 6) is -1.50. The number of esters is 3. The number of nitrogens with zero attached hydrogens (tertiary/aromatic N) is 1. The lowest BCUT2D eigenvalue weighted by molar-refractivity contribution is -0.151. The van der Waals surface area contributed by atoms with Crippen LogP contribution in [0.4, 0.5) is 0 Å². The molecular weight excluding hydrogens is 636 g/mol. The van der Waals surface area contributed by atoms with E-state index in [1.165, 1.54) is 12.8 Å². The van der Waals surface area contributed by atoms with Gasteiger partial charge in [0, 0.05) is 13.0 Å². The lowest BCUT2D eigenvalue weighted by Gasteiger charge is -2.18. The summed E-state index contributed by atoms with van der Waals surface area (Å²) in [7, 11) is 0. The molecule has 294 valence electrons. The molecule has 0 saturated heterocycles. The molecule has 0 bridgehead atoms. The van der Waals surface area contributed by atoms with E-state index in [0.717, 1.165) is 89.9 Å². The number of carbonyl (C=O) groups is 4. The predicted octanol–water partition coefficient (Wildman–Crippen LogP) is 7.90. The van der Waals surface area contributed by atoms with E-state index in [-0.39, 0.29) is 74.8 Å². The third-order valence-corrected chi connectivity index (χ3v) is 8.44. The highest BCUT2D eigenvalue weighted by atomic mass is 16.5. The van der Waals surface area contributed by atoms with Crippen LogP contribution < -0.4 is 16.8 Å². The topological polar surface area (TPSA) is 172 Å². The highest BCUT2D eigenvalue weighted by molar-refractivity contribution is 5.84. The molecule has 0 radical (unpaired) electrons. The van der Waals surface area contributed by atoms with Gasteiger partial charge < -0.3 is 31.0 Å². The van der Waals surface area contributed by atoms with Gasteiger partial charge in [-0.15, -0.1) is 0 Å². The van der Waals surface area contributed by atoms with Crippen LogP contribution in [-0.4, -0.2) is 62.2 Å². The molecule has 0 rings (SSSR count). The molecule has 0 aliphatic rings. The maximum Gasteiger partial charge on any atom is 0.328 e. The molecule has 5 N–H and O–H groups in total. The van der Waals surface area contributed by atoms with Crippen LogP contribution in [0.15, 0.2) is 4.99 Å². The van der Waals surface area contributed by atoms with E-state index in [2.05, 4.69) is 38.0 Å². The second-order valence-electron chi connectivity index (χ2n) is 12.9. The van der Waals surface area contributed by atoms with Crippen molar-refractivity contribution in [2.75, 3.05) is 26.4 Å². The lowest BCUT2D eigenvalue weighted by atomic mass is 9.95. The van der Waals surface area contributed by atoms with Crippen LogP contribution in [0, 0.1) is 11.8 Å². The van der Waals surface area contributed by atoms with Gasteiger partial charge in [-0.3, -0.25) is 19.4 Å². The summed E-state index contributed by atoms with van der Waals surface area (Å²) < 4.78 is 16.5. The number of nitrogens with one attached hydrogen (secondary N) is 1. The van der Waals surface area contributed by atoms with Crippen molar-refractivity contribution in [2.24, 2.45) is 28.3 Å². The van der Waals surface area contributed by atoms with E-state index >= 15 is 0 Å². The van der Waals surface area contributed by atoms with Gasteiger partial charge in [0.1, 0.15) is 6.04 Å². The van der Waals surface area contributed by atoms with Gasteiger partial charge >= 0.3 is 17.9 Å². The highest BCUT2D eigenvalue weighted by Gasteiger charge is 2.23. The summed E-state index contributed by atoms with van der Waals surface area (Å²) in [6.07, 6.45) is 18.1. The van der Waals surface area contributed by atoms with Gasteiger partial charge in [0.15, 0.2) is 5.96 Å². The second kappa shape index (κ2) is 36.0. The maximum absolute atomic E-state index is 12.8. The Labute approximate surface area is 305 Å². The molecule has 0 aliphatic heterocycles. The lowest BCUT2D eigenvalue weighted by Crippen LogP contribution is -2.42. The Morgan fingerprint density at radius 3 is 1.40 bits per heavy atom. The van der Waals surface area contributed by atoms with Gasteiger partial charge in [0.2, 0.25) is 5.91 Å². The van der Waals surface area contributed by atoms with Crippen LogP contribution in [0.3, 0.4) is 0 Å². The summed E-state index contributed by atoms with van der Waals surface area (Å²) in [4.78, 5) is 54.8. The second-order valence-corrected chi connectivity index (χ2v) is 12.9. The van der Waals surface area contributed by atoms with E-state index < -0.39 is 12.0 Å². The van der Waals surface area contributed by atoms with E-state index in [4.69, 9.17) is 25.7 Å². The summed E-state index contributed by atoms with van der Waals surface area (Å²) in [6.45, 7) is 13.3. The molecule has 0 saturated carbocycles. The van der Waals surface area contributed by atoms with E-state index in [9.17, 15) is 19.2 Å². The first kappa shape index (κ1) is 49.3. The fourth-order valence-corrected chi connectivity index (χ4v) is 5.43. The summed E-state index contributed by atoms with van der Waals surface area (Å²) >= 11 is 0. The first-order chi connectivity index (χ1) is 24.2. The minimum atomic E-state index is -0.922. The Morgan fingerprint density at radius 1 is 0.540 bits per heavy atom. The van der Waals surface area contributed by atoms with Gasteiger partial charge in [-0.1, -0.05) is 119 Å². The number of rotatable bonds is 32. The molecule has 0 heterocycles. The number of unbranched alkanes of at least 4 members (excludes halogenated alkanes) is 9. The zero-order valence-corrected chi connectivity index (χ0v) is 32.9. The zero-order valence-electron chi connectivity index (χ0n) is 32.9. The van der Waals surface area contributed by atoms with Crippen molar-refractivity contribution in [1.82, 2.24) is 5.32 Å². The number of carbonyl (C=O) groups excluding carboxylic acids is 4. The smallest absolute Gasteiger partial charge is 0.328 e. The fourth-order valence-electron chi connectivity index (χ4n) is 5.43. The minimum absolute atomic E-state index is 0.0516. The van der Waals surface area contributed by atoms with Crippen molar-refractivity contribution in [2.45, 2.75) is 182 Å². The summed E-state index contributed by atoms with van der Waals surface area (Å²) in [5, 5.41) is 2.72. The molecule has 3 atom stereocenters. The van der Waals surface area contributed by atoms with Crippen molar-refractivity contribution in [1.29, 1.82) is 0 Å². The Morgan fingerprint density at radius 2 is 0.960 bits per heavy atom. The zero-order chi connectivity index (χ0) is 37.8. The number of guanidine groups is 1. The molecule has 0 spiro atoms.